The van der Waals surface area contributed by atoms with Gasteiger partial charge in [0.25, 0.3) is 0 Å². The van der Waals surface area contributed by atoms with Gasteiger partial charge in [0.2, 0.25) is 0 Å². The first kappa shape index (κ1) is 14.5. The fraction of sp³-hybridized carbons (Fsp3) is 1.00. The monoisotopic (exact) mass is 292 g/mol. The van der Waals surface area contributed by atoms with Crippen LogP contribution in [0.2, 0.25) is 0 Å². The van der Waals surface area contributed by atoms with Crippen molar-refractivity contribution in [1.82, 2.24) is 4.90 Å². The van der Waals surface area contributed by atoms with E-state index in [-0.39, 0.29) is 0 Å². The molecule has 0 aromatic rings. The lowest BCUT2D eigenvalue weighted by Crippen LogP contribution is -2.71. The van der Waals surface area contributed by atoms with E-state index in [4.69, 9.17) is 10.5 Å². The molecule has 5 fully saturated rings. The van der Waals surface area contributed by atoms with Gasteiger partial charge in [0.05, 0.1) is 6.10 Å². The molecule has 1 aliphatic heterocycles. The molecule has 5 aliphatic rings. The molecule has 0 radical (unpaired) electrons. The van der Waals surface area contributed by atoms with Gasteiger partial charge in [-0.3, -0.25) is 4.90 Å². The van der Waals surface area contributed by atoms with E-state index in [9.17, 15) is 0 Å². The summed E-state index contributed by atoms with van der Waals surface area (Å²) in [4.78, 5) is 2.79. The lowest BCUT2D eigenvalue weighted by atomic mass is 9.48. The predicted molar refractivity (Wildman–Crippen MR) is 85.0 cm³/mol. The smallest absolute Gasteiger partial charge is 0.0724 e. The first-order valence-electron chi connectivity index (χ1n) is 9.15. The van der Waals surface area contributed by atoms with E-state index in [1.165, 1.54) is 45.1 Å². The van der Waals surface area contributed by atoms with Crippen LogP contribution in [0.1, 0.15) is 45.4 Å². The highest BCUT2D eigenvalue weighted by Crippen LogP contribution is 2.60. The third-order valence-electron chi connectivity index (χ3n) is 7.66. The molecular formula is C18H32N2O. The minimum Gasteiger partial charge on any atom is -0.380 e. The summed E-state index contributed by atoms with van der Waals surface area (Å²) in [5.74, 6) is 4.47. The molecule has 4 saturated carbocycles. The molecule has 1 heterocycles. The SMILES string of the molecule is COC1CN(C2(CN)C3CC4CC(C3)CC2C4)CCC1C. The van der Waals surface area contributed by atoms with Crippen molar-refractivity contribution in [3.63, 3.8) is 0 Å². The zero-order chi connectivity index (χ0) is 14.6. The Morgan fingerprint density at radius 1 is 1.10 bits per heavy atom. The second kappa shape index (κ2) is 5.21. The van der Waals surface area contributed by atoms with Crippen molar-refractivity contribution in [1.29, 1.82) is 0 Å². The Hall–Kier alpha value is -0.120. The Morgan fingerprint density at radius 3 is 2.24 bits per heavy atom. The van der Waals surface area contributed by atoms with Crippen molar-refractivity contribution in [2.24, 2.45) is 35.3 Å². The van der Waals surface area contributed by atoms with E-state index >= 15 is 0 Å². The molecule has 4 bridgehead atoms. The van der Waals surface area contributed by atoms with Crippen molar-refractivity contribution in [2.75, 3.05) is 26.7 Å². The molecule has 3 heteroatoms. The largest absolute Gasteiger partial charge is 0.380 e. The topological polar surface area (TPSA) is 38.5 Å². The quantitative estimate of drug-likeness (QED) is 0.868. The maximum absolute atomic E-state index is 6.46. The average Bonchev–Trinajstić information content (AvgIpc) is 2.48. The minimum atomic E-state index is 0.310. The van der Waals surface area contributed by atoms with E-state index in [1.807, 2.05) is 7.11 Å². The predicted octanol–water partition coefficient (Wildman–Crippen LogP) is 2.50. The van der Waals surface area contributed by atoms with Crippen LogP contribution >= 0.6 is 0 Å². The number of hydrogen-bond acceptors (Lipinski definition) is 3. The minimum absolute atomic E-state index is 0.310. The van der Waals surface area contributed by atoms with Crippen LogP contribution in [-0.4, -0.2) is 43.3 Å². The number of methoxy groups -OCH3 is 1. The van der Waals surface area contributed by atoms with Gasteiger partial charge in [-0.25, -0.2) is 0 Å². The Balaban J connectivity index is 1.61. The van der Waals surface area contributed by atoms with E-state index in [0.717, 1.165) is 36.8 Å². The number of piperidine rings is 1. The molecule has 0 amide bonds. The van der Waals surface area contributed by atoms with Gasteiger partial charge in [0.15, 0.2) is 0 Å². The summed E-state index contributed by atoms with van der Waals surface area (Å²) in [6.07, 6.45) is 9.00. The van der Waals surface area contributed by atoms with Crippen LogP contribution in [0.4, 0.5) is 0 Å². The molecule has 2 atom stereocenters. The van der Waals surface area contributed by atoms with Gasteiger partial charge in [-0.15, -0.1) is 0 Å². The lowest BCUT2D eigenvalue weighted by molar-refractivity contribution is -0.155. The van der Waals surface area contributed by atoms with Gasteiger partial charge >= 0.3 is 0 Å². The fourth-order valence-corrected chi connectivity index (χ4v) is 6.70. The van der Waals surface area contributed by atoms with Gasteiger partial charge in [-0.2, -0.15) is 0 Å². The Labute approximate surface area is 129 Å². The molecule has 21 heavy (non-hydrogen) atoms. The molecule has 2 unspecified atom stereocenters. The Kier molecular flexibility index (Phi) is 3.59. The molecule has 5 rings (SSSR count). The number of nitrogens with two attached hydrogens (primary N) is 1. The van der Waals surface area contributed by atoms with Crippen LogP contribution in [0.15, 0.2) is 0 Å². The van der Waals surface area contributed by atoms with Crippen LogP contribution in [0, 0.1) is 29.6 Å². The average molecular weight is 292 g/mol. The van der Waals surface area contributed by atoms with Crippen molar-refractivity contribution in [3.8, 4) is 0 Å². The van der Waals surface area contributed by atoms with Gasteiger partial charge in [-0.05, 0) is 74.7 Å². The molecule has 1 saturated heterocycles. The number of likely N-dealkylation sites (tertiary alicyclic amines) is 1. The molecule has 0 spiro atoms. The maximum atomic E-state index is 6.46. The van der Waals surface area contributed by atoms with Crippen molar-refractivity contribution in [2.45, 2.75) is 57.1 Å². The zero-order valence-corrected chi connectivity index (χ0v) is 13.8. The maximum Gasteiger partial charge on any atom is 0.0724 e. The Bertz CT molecular complexity index is 369. The van der Waals surface area contributed by atoms with Crippen molar-refractivity contribution in [3.05, 3.63) is 0 Å². The highest BCUT2D eigenvalue weighted by atomic mass is 16.5. The third kappa shape index (κ3) is 2.04. The summed E-state index contributed by atoms with van der Waals surface area (Å²) in [7, 11) is 1.89. The van der Waals surface area contributed by atoms with Gasteiger partial charge < -0.3 is 10.5 Å². The summed E-state index contributed by atoms with van der Waals surface area (Å²) in [6.45, 7) is 5.56. The van der Waals surface area contributed by atoms with E-state index in [0.29, 0.717) is 17.6 Å². The zero-order valence-electron chi connectivity index (χ0n) is 13.8. The molecule has 120 valence electrons. The van der Waals surface area contributed by atoms with Crippen LogP contribution in [0.25, 0.3) is 0 Å². The number of nitrogens with zero attached hydrogens (tertiary/aromatic N) is 1. The van der Waals surface area contributed by atoms with Crippen LogP contribution in [0.3, 0.4) is 0 Å². The third-order valence-corrected chi connectivity index (χ3v) is 7.66. The number of hydrogen-bond donors (Lipinski definition) is 1. The molecule has 3 nitrogen and oxygen atoms in total. The molecular weight excluding hydrogens is 260 g/mol. The normalized spacial score (nSPS) is 53.3. The summed E-state index contributed by atoms with van der Waals surface area (Å²) in [5.41, 5.74) is 6.77. The summed E-state index contributed by atoms with van der Waals surface area (Å²) in [6, 6.07) is 0. The second-order valence-corrected chi connectivity index (χ2v) is 8.49. The van der Waals surface area contributed by atoms with Crippen molar-refractivity contribution >= 4 is 0 Å². The van der Waals surface area contributed by atoms with Crippen molar-refractivity contribution < 1.29 is 4.74 Å². The summed E-state index contributed by atoms with van der Waals surface area (Å²) in [5, 5.41) is 0. The molecule has 0 aromatic heterocycles. The summed E-state index contributed by atoms with van der Waals surface area (Å²) < 4.78 is 5.78. The molecule has 0 aromatic carbocycles. The fourth-order valence-electron chi connectivity index (χ4n) is 6.70. The van der Waals surface area contributed by atoms with Crippen LogP contribution < -0.4 is 5.73 Å². The van der Waals surface area contributed by atoms with Crippen LogP contribution in [-0.2, 0) is 4.74 Å². The highest BCUT2D eigenvalue weighted by molar-refractivity contribution is 5.13. The lowest BCUT2D eigenvalue weighted by Gasteiger charge is -2.65. The van der Waals surface area contributed by atoms with Gasteiger partial charge in [0.1, 0.15) is 0 Å². The summed E-state index contributed by atoms with van der Waals surface area (Å²) >= 11 is 0. The van der Waals surface area contributed by atoms with E-state index in [2.05, 4.69) is 11.8 Å². The van der Waals surface area contributed by atoms with Gasteiger partial charge in [0, 0.05) is 25.7 Å². The molecule has 2 N–H and O–H groups in total. The van der Waals surface area contributed by atoms with E-state index < -0.39 is 0 Å². The standard InChI is InChI=1S/C18H32N2O/c1-12-3-4-20(10-17(12)21-2)18(11-19)15-6-13-5-14(8-15)9-16(18)7-13/h12-17H,3-11,19H2,1-2H3. The number of rotatable bonds is 3. The first-order valence-corrected chi connectivity index (χ1v) is 9.15. The number of ether oxygens (including phenoxy) is 1. The molecule has 4 aliphatic carbocycles. The van der Waals surface area contributed by atoms with E-state index in [1.54, 1.807) is 0 Å². The first-order chi connectivity index (χ1) is 10.2. The highest BCUT2D eigenvalue weighted by Gasteiger charge is 2.59. The Morgan fingerprint density at radius 2 is 1.71 bits per heavy atom. The second-order valence-electron chi connectivity index (χ2n) is 8.49. The van der Waals surface area contributed by atoms with Gasteiger partial charge in [-0.1, -0.05) is 6.92 Å². The van der Waals surface area contributed by atoms with Crippen LogP contribution in [0.5, 0.6) is 0 Å².